The van der Waals surface area contributed by atoms with Crippen molar-refractivity contribution in [2.45, 2.75) is 26.2 Å². The van der Waals surface area contributed by atoms with Gasteiger partial charge in [0.2, 0.25) is 11.9 Å². The molecule has 2 spiro atoms. The number of nitrogens with one attached hydrogen (secondary N) is 1. The third kappa shape index (κ3) is 3.86. The smallest absolute Gasteiger partial charge is 0.245 e. The molecular weight excluding hydrogens is 502 g/mol. The number of rotatable bonds is 4. The van der Waals surface area contributed by atoms with Gasteiger partial charge in [0.25, 0.3) is 0 Å². The predicted molar refractivity (Wildman–Crippen MR) is 154 cm³/mol. The lowest BCUT2D eigenvalue weighted by Crippen LogP contribution is -2.59. The third-order valence-electron chi connectivity index (χ3n) is 9.65. The number of amides is 1. The van der Waals surface area contributed by atoms with Crippen LogP contribution in [-0.4, -0.2) is 95.3 Å². The van der Waals surface area contributed by atoms with Crippen LogP contribution in [0.2, 0.25) is 0 Å². The molecule has 40 heavy (non-hydrogen) atoms. The first-order chi connectivity index (χ1) is 19.3. The fourth-order valence-corrected chi connectivity index (χ4v) is 7.55. The number of carbonyl (C=O) groups excluding carboxylic acids is 1. The number of hydrogen-bond donors (Lipinski definition) is 1. The zero-order chi connectivity index (χ0) is 27.6. The summed E-state index contributed by atoms with van der Waals surface area (Å²) in [4.78, 5) is 31.2. The Morgan fingerprint density at radius 1 is 1.05 bits per heavy atom. The number of H-pyrrole nitrogens is 1. The topological polar surface area (TPSA) is 108 Å². The molecule has 1 amide bonds. The number of nitrogens with zero attached hydrogens (tertiary/aromatic N) is 8. The quantitative estimate of drug-likeness (QED) is 0.506. The van der Waals surface area contributed by atoms with Gasteiger partial charge < -0.3 is 19.6 Å². The Balaban J connectivity index is 1.29. The third-order valence-corrected chi connectivity index (χ3v) is 9.65. The van der Waals surface area contributed by atoms with Crippen LogP contribution in [0.15, 0.2) is 31.0 Å². The molecule has 0 saturated carbocycles. The van der Waals surface area contributed by atoms with Gasteiger partial charge >= 0.3 is 0 Å². The summed E-state index contributed by atoms with van der Waals surface area (Å²) in [7, 11) is 2.19. The molecule has 4 saturated heterocycles. The number of hydrogen-bond acceptors (Lipinski definition) is 8. The molecular formula is C30H35N9O. The molecule has 10 nitrogen and oxygen atoms in total. The zero-order valence-corrected chi connectivity index (χ0v) is 23.3. The number of fused-ring (bicyclic) bond motifs is 1. The maximum atomic E-state index is 12.1. The first-order valence-corrected chi connectivity index (χ1v) is 14.2. The van der Waals surface area contributed by atoms with Crippen LogP contribution in [-0.2, 0) is 4.79 Å². The summed E-state index contributed by atoms with van der Waals surface area (Å²) in [5, 5.41) is 18.9. The second kappa shape index (κ2) is 9.03. The Labute approximate surface area is 234 Å². The first kappa shape index (κ1) is 25.0. The molecule has 10 heteroatoms. The van der Waals surface area contributed by atoms with E-state index in [1.807, 2.05) is 17.2 Å². The number of aromatic amines is 1. The second-order valence-corrected chi connectivity index (χ2v) is 12.5. The highest BCUT2D eigenvalue weighted by Crippen LogP contribution is 2.45. The van der Waals surface area contributed by atoms with Crippen molar-refractivity contribution in [3.8, 4) is 17.3 Å². The molecule has 2 aromatic heterocycles. The molecule has 7 rings (SSSR count). The minimum atomic E-state index is -0.0161. The van der Waals surface area contributed by atoms with Crippen LogP contribution in [0.4, 0.5) is 11.8 Å². The van der Waals surface area contributed by atoms with Crippen molar-refractivity contribution in [3.63, 3.8) is 0 Å². The Morgan fingerprint density at radius 3 is 2.48 bits per heavy atom. The number of likely N-dealkylation sites (tertiary alicyclic amines) is 2. The molecule has 4 aliphatic heterocycles. The average molecular weight is 538 g/mol. The van der Waals surface area contributed by atoms with E-state index in [0.717, 1.165) is 93.7 Å². The minimum Gasteiger partial charge on any atom is -0.355 e. The Hall–Kier alpha value is -3.97. The molecule has 6 heterocycles. The summed E-state index contributed by atoms with van der Waals surface area (Å²) < 4.78 is 0. The number of piperidine rings is 1. The van der Waals surface area contributed by atoms with Crippen LogP contribution in [0.25, 0.3) is 22.2 Å². The molecule has 4 aliphatic rings. The van der Waals surface area contributed by atoms with Crippen molar-refractivity contribution in [2.24, 2.45) is 10.8 Å². The summed E-state index contributed by atoms with van der Waals surface area (Å²) in [6.07, 6.45) is 6.43. The molecule has 0 aliphatic carbocycles. The lowest BCUT2D eigenvalue weighted by atomic mass is 9.72. The average Bonchev–Trinajstić information content (AvgIpc) is 3.59. The Morgan fingerprint density at radius 2 is 1.77 bits per heavy atom. The van der Waals surface area contributed by atoms with Gasteiger partial charge in [-0.3, -0.25) is 9.89 Å². The maximum absolute atomic E-state index is 12.1. The molecule has 0 unspecified atom stereocenters. The van der Waals surface area contributed by atoms with E-state index in [0.29, 0.717) is 28.4 Å². The number of nitriles is 1. The maximum Gasteiger partial charge on any atom is 0.245 e. The largest absolute Gasteiger partial charge is 0.355 e. The first-order valence-electron chi connectivity index (χ1n) is 14.2. The molecule has 0 radical (unpaired) electrons. The van der Waals surface area contributed by atoms with Gasteiger partial charge in [-0.25, -0.2) is 4.98 Å². The highest BCUT2D eigenvalue weighted by Gasteiger charge is 2.50. The van der Waals surface area contributed by atoms with Crippen LogP contribution in [0.3, 0.4) is 0 Å². The summed E-state index contributed by atoms with van der Waals surface area (Å²) in [6, 6.07) is 6.57. The van der Waals surface area contributed by atoms with Crippen molar-refractivity contribution in [1.82, 2.24) is 30.0 Å². The molecule has 1 N–H and O–H groups in total. The Kier molecular flexibility index (Phi) is 5.65. The predicted octanol–water partition coefficient (Wildman–Crippen LogP) is 2.96. The standard InChI is InChI=1S/C30H35N9O/c1-4-24(40)39-18-30(19-39)9-12-38(17-30)27-21(13-31)26(25-20(2)5-6-23-22(25)14-32-35-23)33-28(34-27)37-10-7-29(8-11-37)15-36(3)16-29/h4-6,14H,1,7-12,15-19H2,2-3H3,(H,32,35). The van der Waals surface area contributed by atoms with E-state index in [1.165, 1.54) is 6.08 Å². The monoisotopic (exact) mass is 537 g/mol. The van der Waals surface area contributed by atoms with Crippen LogP contribution in [0.5, 0.6) is 0 Å². The van der Waals surface area contributed by atoms with Gasteiger partial charge in [0.15, 0.2) is 5.82 Å². The van der Waals surface area contributed by atoms with Gasteiger partial charge in [-0.05, 0) is 56.4 Å². The van der Waals surface area contributed by atoms with Crippen LogP contribution >= 0.6 is 0 Å². The molecule has 3 aromatic rings. The van der Waals surface area contributed by atoms with Crippen molar-refractivity contribution < 1.29 is 4.79 Å². The van der Waals surface area contributed by atoms with E-state index in [1.54, 1.807) is 0 Å². The van der Waals surface area contributed by atoms with Crippen molar-refractivity contribution in [3.05, 3.63) is 42.1 Å². The highest BCUT2D eigenvalue weighted by atomic mass is 16.2. The van der Waals surface area contributed by atoms with E-state index in [2.05, 4.69) is 57.6 Å². The zero-order valence-electron chi connectivity index (χ0n) is 23.3. The molecule has 0 atom stereocenters. The highest BCUT2D eigenvalue weighted by molar-refractivity contribution is 5.97. The van der Waals surface area contributed by atoms with Crippen molar-refractivity contribution >= 4 is 28.6 Å². The fraction of sp³-hybridized carbons (Fsp3) is 0.500. The number of benzene rings is 1. The van der Waals surface area contributed by atoms with E-state index in [4.69, 9.17) is 9.97 Å². The molecule has 0 bridgehead atoms. The number of aromatic nitrogens is 4. The number of anilines is 2. The van der Waals surface area contributed by atoms with Gasteiger partial charge in [-0.1, -0.05) is 12.6 Å². The van der Waals surface area contributed by atoms with Gasteiger partial charge in [0.05, 0.1) is 17.4 Å². The van der Waals surface area contributed by atoms with Crippen molar-refractivity contribution in [2.75, 3.05) is 69.2 Å². The molecule has 1 aromatic carbocycles. The van der Waals surface area contributed by atoms with Crippen molar-refractivity contribution in [1.29, 1.82) is 5.26 Å². The normalized spacial score (nSPS) is 21.5. The summed E-state index contributed by atoms with van der Waals surface area (Å²) in [5.74, 6) is 1.39. The lowest BCUT2D eigenvalue weighted by molar-refractivity contribution is -0.136. The number of carbonyl (C=O) groups is 1. The van der Waals surface area contributed by atoms with E-state index in [-0.39, 0.29) is 11.3 Å². The van der Waals surface area contributed by atoms with E-state index >= 15 is 0 Å². The Bertz CT molecular complexity index is 1550. The van der Waals surface area contributed by atoms with Crippen LogP contribution < -0.4 is 9.80 Å². The van der Waals surface area contributed by atoms with Crippen LogP contribution in [0.1, 0.15) is 30.4 Å². The molecule has 206 valence electrons. The lowest BCUT2D eigenvalue weighted by Gasteiger charge is -2.53. The van der Waals surface area contributed by atoms with Crippen LogP contribution in [0, 0.1) is 29.1 Å². The summed E-state index contributed by atoms with van der Waals surface area (Å²) >= 11 is 0. The van der Waals surface area contributed by atoms with Gasteiger partial charge in [0.1, 0.15) is 11.6 Å². The second-order valence-electron chi connectivity index (χ2n) is 12.5. The van der Waals surface area contributed by atoms with E-state index in [9.17, 15) is 10.1 Å². The summed E-state index contributed by atoms with van der Waals surface area (Å²) in [6.45, 7) is 12.8. The molecule has 4 fully saturated rings. The van der Waals surface area contributed by atoms with Gasteiger partial charge in [-0.15, -0.1) is 0 Å². The fourth-order valence-electron chi connectivity index (χ4n) is 7.55. The summed E-state index contributed by atoms with van der Waals surface area (Å²) in [5.41, 5.74) is 4.53. The van der Waals surface area contributed by atoms with Gasteiger partial charge in [-0.2, -0.15) is 15.3 Å². The number of aryl methyl sites for hydroxylation is 1. The van der Waals surface area contributed by atoms with E-state index < -0.39 is 0 Å². The van der Waals surface area contributed by atoms with Gasteiger partial charge in [0, 0.05) is 68.7 Å². The SMILES string of the molecule is C=CC(=O)N1CC2(CCN(c3nc(N4CCC5(CC4)CN(C)C5)nc(-c4c(C)ccc5[nH]ncc45)c3C#N)C2)C1. The minimum absolute atomic E-state index is 0.0161.